The average Bonchev–Trinajstić information content (AvgIpc) is 2.72. The Hall–Kier alpha value is -0.250. The molecule has 1 aromatic carbocycles. The van der Waals surface area contributed by atoms with E-state index in [0.29, 0.717) is 12.1 Å². The summed E-state index contributed by atoms with van der Waals surface area (Å²) in [5.41, 5.74) is 1.02. The van der Waals surface area contributed by atoms with Gasteiger partial charge in [-0.3, -0.25) is 4.90 Å². The zero-order valence-electron chi connectivity index (χ0n) is 10.2. The van der Waals surface area contributed by atoms with E-state index < -0.39 is 0 Å². The summed E-state index contributed by atoms with van der Waals surface area (Å²) in [6.45, 7) is 6.75. The highest BCUT2D eigenvalue weighted by atomic mass is 79.9. The molecule has 1 unspecified atom stereocenters. The molecule has 0 aliphatic carbocycles. The number of hydrogen-bond donors (Lipinski definition) is 1. The van der Waals surface area contributed by atoms with Gasteiger partial charge in [-0.1, -0.05) is 27.5 Å². The number of anilines is 1. The molecular formula is C13H18BrClN2. The number of nitrogens with zero attached hydrogens (tertiary/aromatic N) is 1. The van der Waals surface area contributed by atoms with Gasteiger partial charge in [-0.15, -0.1) is 0 Å². The number of benzene rings is 1. The summed E-state index contributed by atoms with van der Waals surface area (Å²) in [6, 6.07) is 7.05. The summed E-state index contributed by atoms with van der Waals surface area (Å²) in [6.07, 6.45) is 1.18. The molecule has 0 amide bonds. The standard InChI is InChI=1S/C13H18BrClN2/c1-9(2)17-6-5-11(8-17)16-13-7-10(14)3-4-12(13)15/h3-4,7,9,11,16H,5-6,8H2,1-2H3. The van der Waals surface area contributed by atoms with E-state index in [1.54, 1.807) is 0 Å². The fraction of sp³-hybridized carbons (Fsp3) is 0.538. The number of hydrogen-bond acceptors (Lipinski definition) is 2. The molecule has 17 heavy (non-hydrogen) atoms. The summed E-state index contributed by atoms with van der Waals surface area (Å²) in [4.78, 5) is 2.49. The zero-order valence-corrected chi connectivity index (χ0v) is 12.6. The first-order chi connectivity index (χ1) is 8.06. The molecule has 1 atom stereocenters. The van der Waals surface area contributed by atoms with E-state index in [4.69, 9.17) is 11.6 Å². The highest BCUT2D eigenvalue weighted by Crippen LogP contribution is 2.27. The Labute approximate surface area is 116 Å². The Morgan fingerprint density at radius 2 is 2.24 bits per heavy atom. The molecule has 0 radical (unpaired) electrons. The number of halogens is 2. The number of likely N-dealkylation sites (tertiary alicyclic amines) is 1. The van der Waals surface area contributed by atoms with Gasteiger partial charge in [0.25, 0.3) is 0 Å². The lowest BCUT2D eigenvalue weighted by atomic mass is 10.2. The molecule has 4 heteroatoms. The van der Waals surface area contributed by atoms with Crippen molar-refractivity contribution < 1.29 is 0 Å². The van der Waals surface area contributed by atoms with Crippen LogP contribution in [0.2, 0.25) is 5.02 Å². The van der Waals surface area contributed by atoms with Gasteiger partial charge >= 0.3 is 0 Å². The highest BCUT2D eigenvalue weighted by molar-refractivity contribution is 9.10. The van der Waals surface area contributed by atoms with Crippen molar-refractivity contribution in [2.45, 2.75) is 32.4 Å². The van der Waals surface area contributed by atoms with Crippen LogP contribution in [0.1, 0.15) is 20.3 Å². The second kappa shape index (κ2) is 5.59. The van der Waals surface area contributed by atoms with E-state index >= 15 is 0 Å². The van der Waals surface area contributed by atoms with Crippen LogP contribution in [-0.4, -0.2) is 30.1 Å². The first-order valence-electron chi connectivity index (χ1n) is 6.02. The van der Waals surface area contributed by atoms with E-state index in [1.165, 1.54) is 13.0 Å². The largest absolute Gasteiger partial charge is 0.380 e. The lowest BCUT2D eigenvalue weighted by Crippen LogP contribution is -2.31. The van der Waals surface area contributed by atoms with Crippen molar-refractivity contribution >= 4 is 33.2 Å². The van der Waals surface area contributed by atoms with Gasteiger partial charge in [0, 0.05) is 29.6 Å². The van der Waals surface area contributed by atoms with Crippen molar-refractivity contribution in [3.8, 4) is 0 Å². The second-order valence-electron chi connectivity index (χ2n) is 4.84. The van der Waals surface area contributed by atoms with Crippen LogP contribution in [0.15, 0.2) is 22.7 Å². The minimum atomic E-state index is 0.504. The maximum absolute atomic E-state index is 6.18. The number of nitrogens with one attached hydrogen (secondary N) is 1. The van der Waals surface area contributed by atoms with Crippen molar-refractivity contribution in [2.24, 2.45) is 0 Å². The quantitative estimate of drug-likeness (QED) is 0.906. The van der Waals surface area contributed by atoms with Gasteiger partial charge in [0.2, 0.25) is 0 Å². The van der Waals surface area contributed by atoms with Crippen molar-refractivity contribution in [1.82, 2.24) is 4.90 Å². The summed E-state index contributed by atoms with van der Waals surface area (Å²) in [5.74, 6) is 0. The highest BCUT2D eigenvalue weighted by Gasteiger charge is 2.24. The van der Waals surface area contributed by atoms with Gasteiger partial charge in [-0.25, -0.2) is 0 Å². The van der Waals surface area contributed by atoms with Gasteiger partial charge < -0.3 is 5.32 Å². The first kappa shape index (κ1) is 13.2. The Balaban J connectivity index is 2.00. The number of rotatable bonds is 3. The predicted molar refractivity (Wildman–Crippen MR) is 77.9 cm³/mol. The van der Waals surface area contributed by atoms with Crippen molar-refractivity contribution in [3.63, 3.8) is 0 Å². The lowest BCUT2D eigenvalue weighted by molar-refractivity contribution is 0.274. The molecule has 1 aliphatic rings. The van der Waals surface area contributed by atoms with Gasteiger partial charge in [0.05, 0.1) is 10.7 Å². The van der Waals surface area contributed by atoms with Gasteiger partial charge in [-0.05, 0) is 38.5 Å². The molecule has 94 valence electrons. The molecule has 1 aromatic rings. The monoisotopic (exact) mass is 316 g/mol. The van der Waals surface area contributed by atoms with Crippen LogP contribution in [0, 0.1) is 0 Å². The molecule has 1 aliphatic heterocycles. The lowest BCUT2D eigenvalue weighted by Gasteiger charge is -2.21. The topological polar surface area (TPSA) is 15.3 Å². The molecular weight excluding hydrogens is 300 g/mol. The van der Waals surface area contributed by atoms with Gasteiger partial charge in [-0.2, -0.15) is 0 Å². The third-order valence-corrected chi connectivity index (χ3v) is 4.06. The Morgan fingerprint density at radius 1 is 1.47 bits per heavy atom. The summed E-state index contributed by atoms with van der Waals surface area (Å²) in [7, 11) is 0. The van der Waals surface area contributed by atoms with Crippen LogP contribution >= 0.6 is 27.5 Å². The first-order valence-corrected chi connectivity index (χ1v) is 7.19. The zero-order chi connectivity index (χ0) is 12.4. The molecule has 1 heterocycles. The molecule has 2 rings (SSSR count). The minimum Gasteiger partial charge on any atom is -0.380 e. The van der Waals surface area contributed by atoms with Crippen molar-refractivity contribution in [3.05, 3.63) is 27.7 Å². The van der Waals surface area contributed by atoms with E-state index in [1.807, 2.05) is 18.2 Å². The molecule has 1 N–H and O–H groups in total. The fourth-order valence-corrected chi connectivity index (χ4v) is 2.74. The van der Waals surface area contributed by atoms with Crippen molar-refractivity contribution in [2.75, 3.05) is 18.4 Å². The Kier molecular flexibility index (Phi) is 4.34. The van der Waals surface area contributed by atoms with E-state index in [0.717, 1.165) is 21.7 Å². The van der Waals surface area contributed by atoms with Gasteiger partial charge in [0.1, 0.15) is 0 Å². The van der Waals surface area contributed by atoms with E-state index in [2.05, 4.69) is 40.0 Å². The maximum atomic E-state index is 6.18. The second-order valence-corrected chi connectivity index (χ2v) is 6.17. The van der Waals surface area contributed by atoms with Crippen molar-refractivity contribution in [1.29, 1.82) is 0 Å². The molecule has 0 bridgehead atoms. The van der Waals surface area contributed by atoms with Crippen LogP contribution in [0.25, 0.3) is 0 Å². The average molecular weight is 318 g/mol. The Morgan fingerprint density at radius 3 is 2.88 bits per heavy atom. The molecule has 0 spiro atoms. The molecule has 0 saturated carbocycles. The van der Waals surface area contributed by atoms with Gasteiger partial charge in [0.15, 0.2) is 0 Å². The van der Waals surface area contributed by atoms with Crippen LogP contribution in [0.4, 0.5) is 5.69 Å². The van der Waals surface area contributed by atoms with Crippen LogP contribution in [-0.2, 0) is 0 Å². The van der Waals surface area contributed by atoms with Crippen LogP contribution < -0.4 is 5.32 Å². The molecule has 2 nitrogen and oxygen atoms in total. The minimum absolute atomic E-state index is 0.504. The van der Waals surface area contributed by atoms with Crippen LogP contribution in [0.3, 0.4) is 0 Å². The summed E-state index contributed by atoms with van der Waals surface area (Å²) in [5, 5.41) is 4.32. The van der Waals surface area contributed by atoms with E-state index in [-0.39, 0.29) is 0 Å². The third-order valence-electron chi connectivity index (χ3n) is 3.24. The SMILES string of the molecule is CC(C)N1CCC(Nc2cc(Br)ccc2Cl)C1. The molecule has 1 fully saturated rings. The maximum Gasteiger partial charge on any atom is 0.0638 e. The fourth-order valence-electron chi connectivity index (χ4n) is 2.20. The summed E-state index contributed by atoms with van der Waals surface area (Å²) >= 11 is 9.65. The molecule has 0 aromatic heterocycles. The van der Waals surface area contributed by atoms with Crippen LogP contribution in [0.5, 0.6) is 0 Å². The third kappa shape index (κ3) is 3.36. The predicted octanol–water partition coefficient (Wildman–Crippen LogP) is 4.00. The van der Waals surface area contributed by atoms with E-state index in [9.17, 15) is 0 Å². The normalized spacial score (nSPS) is 21.1. The molecule has 1 saturated heterocycles. The Bertz CT molecular complexity index is 395. The summed E-state index contributed by atoms with van der Waals surface area (Å²) < 4.78 is 1.06. The smallest absolute Gasteiger partial charge is 0.0638 e.